The van der Waals surface area contributed by atoms with Gasteiger partial charge in [-0.15, -0.1) is 11.3 Å². The second-order valence-electron chi connectivity index (χ2n) is 6.74. The van der Waals surface area contributed by atoms with Crippen molar-refractivity contribution in [1.82, 2.24) is 10.3 Å². The van der Waals surface area contributed by atoms with Crippen LogP contribution < -0.4 is 15.4 Å². The molecule has 1 aromatic heterocycles. The lowest BCUT2D eigenvalue weighted by molar-refractivity contribution is -0.123. The minimum atomic E-state index is -0.210. The molecule has 6 nitrogen and oxygen atoms in total. The molecule has 0 radical (unpaired) electrons. The SMILES string of the molecule is COc1ccc(C(=O)Nc2nc3c(s2)CCC[C@@H]3C(=O)NC2CC2)cc1. The third-order valence-corrected chi connectivity index (χ3v) is 5.81. The Morgan fingerprint density at radius 2 is 1.96 bits per heavy atom. The van der Waals surface area contributed by atoms with Crippen LogP contribution in [-0.2, 0) is 11.2 Å². The van der Waals surface area contributed by atoms with Gasteiger partial charge in [-0.2, -0.15) is 0 Å². The van der Waals surface area contributed by atoms with Gasteiger partial charge in [0.05, 0.1) is 18.7 Å². The number of aromatic nitrogens is 1. The van der Waals surface area contributed by atoms with Gasteiger partial charge >= 0.3 is 0 Å². The highest BCUT2D eigenvalue weighted by atomic mass is 32.1. The average molecular weight is 371 g/mol. The Labute approximate surface area is 156 Å². The van der Waals surface area contributed by atoms with Crippen LogP contribution in [0.25, 0.3) is 0 Å². The van der Waals surface area contributed by atoms with E-state index in [4.69, 9.17) is 4.74 Å². The van der Waals surface area contributed by atoms with Crippen LogP contribution in [0.5, 0.6) is 5.75 Å². The molecular weight excluding hydrogens is 350 g/mol. The zero-order valence-electron chi connectivity index (χ0n) is 14.6. The fourth-order valence-electron chi connectivity index (χ4n) is 3.17. The van der Waals surface area contributed by atoms with Crippen LogP contribution in [0.2, 0.25) is 0 Å². The van der Waals surface area contributed by atoms with Crippen molar-refractivity contribution in [2.75, 3.05) is 12.4 Å². The van der Waals surface area contributed by atoms with Crippen LogP contribution in [-0.4, -0.2) is 29.9 Å². The van der Waals surface area contributed by atoms with E-state index in [1.165, 1.54) is 11.3 Å². The number of fused-ring (bicyclic) bond motifs is 1. The largest absolute Gasteiger partial charge is 0.497 e. The van der Waals surface area contributed by atoms with E-state index in [-0.39, 0.29) is 17.7 Å². The number of ether oxygens (including phenoxy) is 1. The normalized spacial score (nSPS) is 18.7. The second-order valence-corrected chi connectivity index (χ2v) is 7.82. The number of thiazole rings is 1. The molecule has 0 spiro atoms. The number of carbonyl (C=O) groups excluding carboxylic acids is 2. The first kappa shape index (κ1) is 17.0. The lowest BCUT2D eigenvalue weighted by atomic mass is 9.90. The molecule has 1 fully saturated rings. The summed E-state index contributed by atoms with van der Waals surface area (Å²) in [5, 5.41) is 6.50. The highest BCUT2D eigenvalue weighted by Crippen LogP contribution is 2.37. The van der Waals surface area contributed by atoms with Crippen LogP contribution in [0.4, 0.5) is 5.13 Å². The monoisotopic (exact) mass is 371 g/mol. The number of rotatable bonds is 5. The Morgan fingerprint density at radius 3 is 2.65 bits per heavy atom. The van der Waals surface area contributed by atoms with Gasteiger partial charge in [-0.3, -0.25) is 14.9 Å². The number of carbonyl (C=O) groups is 2. The van der Waals surface area contributed by atoms with Crippen LogP contribution >= 0.6 is 11.3 Å². The number of aryl methyl sites for hydroxylation is 1. The zero-order chi connectivity index (χ0) is 18.1. The van der Waals surface area contributed by atoms with E-state index in [1.807, 2.05) is 0 Å². The summed E-state index contributed by atoms with van der Waals surface area (Å²) in [6.45, 7) is 0. The number of amides is 2. The van der Waals surface area contributed by atoms with Crippen molar-refractivity contribution in [3.8, 4) is 5.75 Å². The van der Waals surface area contributed by atoms with Gasteiger partial charge in [0, 0.05) is 16.5 Å². The topological polar surface area (TPSA) is 80.3 Å². The first-order valence-corrected chi connectivity index (χ1v) is 9.71. The van der Waals surface area contributed by atoms with Gasteiger partial charge in [-0.1, -0.05) is 0 Å². The molecule has 0 aliphatic heterocycles. The second kappa shape index (κ2) is 7.07. The van der Waals surface area contributed by atoms with Gasteiger partial charge in [0.15, 0.2) is 5.13 Å². The fourth-order valence-corrected chi connectivity index (χ4v) is 4.23. The maximum Gasteiger partial charge on any atom is 0.257 e. The third-order valence-electron chi connectivity index (χ3n) is 4.77. The van der Waals surface area contributed by atoms with Crippen molar-refractivity contribution in [1.29, 1.82) is 0 Å². The molecule has 2 amide bonds. The smallest absolute Gasteiger partial charge is 0.257 e. The molecule has 4 rings (SSSR count). The summed E-state index contributed by atoms with van der Waals surface area (Å²) in [7, 11) is 1.59. The predicted octanol–water partition coefficient (Wildman–Crippen LogP) is 3.10. The van der Waals surface area contributed by atoms with Gasteiger partial charge in [0.1, 0.15) is 5.75 Å². The first-order chi connectivity index (χ1) is 12.6. The van der Waals surface area contributed by atoms with Gasteiger partial charge in [-0.25, -0.2) is 4.98 Å². The highest BCUT2D eigenvalue weighted by molar-refractivity contribution is 7.15. The maximum absolute atomic E-state index is 12.5. The quantitative estimate of drug-likeness (QED) is 0.846. The third kappa shape index (κ3) is 3.58. The van der Waals surface area contributed by atoms with E-state index >= 15 is 0 Å². The lowest BCUT2D eigenvalue weighted by Crippen LogP contribution is -2.32. The summed E-state index contributed by atoms with van der Waals surface area (Å²) >= 11 is 1.47. The molecule has 1 aromatic carbocycles. The molecule has 0 bridgehead atoms. The summed E-state index contributed by atoms with van der Waals surface area (Å²) in [4.78, 5) is 30.6. The molecule has 26 heavy (non-hydrogen) atoms. The van der Waals surface area contributed by atoms with Crippen molar-refractivity contribution < 1.29 is 14.3 Å². The molecular formula is C19H21N3O3S. The van der Waals surface area contributed by atoms with Crippen molar-refractivity contribution >= 4 is 28.3 Å². The van der Waals surface area contributed by atoms with Gasteiger partial charge in [0.2, 0.25) is 5.91 Å². The summed E-state index contributed by atoms with van der Waals surface area (Å²) in [5.41, 5.74) is 1.38. The molecule has 0 saturated heterocycles. The predicted molar refractivity (Wildman–Crippen MR) is 99.9 cm³/mol. The summed E-state index contributed by atoms with van der Waals surface area (Å²) < 4.78 is 5.11. The van der Waals surface area contributed by atoms with E-state index in [1.54, 1.807) is 31.4 Å². The Morgan fingerprint density at radius 1 is 1.19 bits per heavy atom. The Hall–Kier alpha value is -2.41. The van der Waals surface area contributed by atoms with Crippen molar-refractivity contribution in [3.05, 3.63) is 40.4 Å². The molecule has 2 aromatic rings. The number of anilines is 1. The van der Waals surface area contributed by atoms with Gasteiger partial charge in [-0.05, 0) is 56.4 Å². The minimum absolute atomic E-state index is 0.0757. The van der Waals surface area contributed by atoms with Crippen LogP contribution in [0.3, 0.4) is 0 Å². The minimum Gasteiger partial charge on any atom is -0.497 e. The van der Waals surface area contributed by atoms with Crippen molar-refractivity contribution in [2.24, 2.45) is 0 Å². The van der Waals surface area contributed by atoms with E-state index in [9.17, 15) is 9.59 Å². The molecule has 7 heteroatoms. The average Bonchev–Trinajstić information content (AvgIpc) is 3.37. The Kier molecular flexibility index (Phi) is 4.63. The summed E-state index contributed by atoms with van der Waals surface area (Å²) in [5.74, 6) is 0.377. The van der Waals surface area contributed by atoms with E-state index in [0.717, 1.165) is 42.7 Å². The van der Waals surface area contributed by atoms with E-state index in [2.05, 4.69) is 15.6 Å². The van der Waals surface area contributed by atoms with Gasteiger partial charge < -0.3 is 10.1 Å². The lowest BCUT2D eigenvalue weighted by Gasteiger charge is -2.20. The molecule has 2 aliphatic carbocycles. The maximum atomic E-state index is 12.5. The molecule has 2 N–H and O–H groups in total. The molecule has 1 atom stereocenters. The molecule has 2 aliphatic rings. The Bertz CT molecular complexity index is 827. The number of benzene rings is 1. The molecule has 136 valence electrons. The highest BCUT2D eigenvalue weighted by Gasteiger charge is 2.33. The first-order valence-electron chi connectivity index (χ1n) is 8.89. The molecule has 0 unspecified atom stereocenters. The number of nitrogens with one attached hydrogen (secondary N) is 2. The number of methoxy groups -OCH3 is 1. The standard InChI is InChI=1S/C19H21N3O3S/c1-25-13-9-5-11(6-10-13)17(23)22-19-21-16-14(3-2-4-15(16)26-19)18(24)20-12-7-8-12/h5-6,9-10,12,14H,2-4,7-8H2,1H3,(H,20,24)(H,21,22,23)/t14-/m0/s1. The number of hydrogen-bond donors (Lipinski definition) is 2. The summed E-state index contributed by atoms with van der Waals surface area (Å²) in [6, 6.07) is 7.28. The van der Waals surface area contributed by atoms with Crippen molar-refractivity contribution in [3.63, 3.8) is 0 Å². The van der Waals surface area contributed by atoms with Crippen LogP contribution in [0.15, 0.2) is 24.3 Å². The van der Waals surface area contributed by atoms with E-state index in [0.29, 0.717) is 22.5 Å². The molecule has 1 heterocycles. The number of nitrogens with zero attached hydrogens (tertiary/aromatic N) is 1. The molecule has 1 saturated carbocycles. The Balaban J connectivity index is 1.48. The zero-order valence-corrected chi connectivity index (χ0v) is 15.4. The van der Waals surface area contributed by atoms with Crippen LogP contribution in [0.1, 0.15) is 52.5 Å². The summed E-state index contributed by atoms with van der Waals surface area (Å²) in [6.07, 6.45) is 4.86. The fraction of sp³-hybridized carbons (Fsp3) is 0.421. The van der Waals surface area contributed by atoms with Crippen molar-refractivity contribution in [2.45, 2.75) is 44.1 Å². The van der Waals surface area contributed by atoms with E-state index < -0.39 is 0 Å². The van der Waals surface area contributed by atoms with Gasteiger partial charge in [0.25, 0.3) is 5.91 Å². The van der Waals surface area contributed by atoms with Crippen LogP contribution in [0, 0.1) is 0 Å². The number of hydrogen-bond acceptors (Lipinski definition) is 5.